The van der Waals surface area contributed by atoms with Crippen LogP contribution in [0.25, 0.3) is 0 Å². The summed E-state index contributed by atoms with van der Waals surface area (Å²) >= 11 is 9.70. The fourth-order valence-electron chi connectivity index (χ4n) is 0.730. The number of rotatable bonds is 2. The standard InChI is InChI=1S/C6H6N2S2.H4O7P2/c7-3-1-5(9)4(8)2-6(3)10;1-8(2,3)7-9(4,5)6/h1-2H,7-8H2;(H2,1,2,3)(H2,4,5,6). The van der Waals surface area contributed by atoms with Gasteiger partial charge in [-0.25, -0.2) is 9.13 Å². The number of thiocarbonyl (C=S) groups is 2. The van der Waals surface area contributed by atoms with Gasteiger partial charge in [0.25, 0.3) is 0 Å². The minimum Gasteiger partial charge on any atom is -0.398 e. The van der Waals surface area contributed by atoms with E-state index in [0.29, 0.717) is 21.1 Å². The van der Waals surface area contributed by atoms with E-state index in [1.165, 1.54) is 0 Å². The second kappa shape index (κ2) is 6.80. The molecule has 0 amide bonds. The van der Waals surface area contributed by atoms with Gasteiger partial charge in [0, 0.05) is 0 Å². The van der Waals surface area contributed by atoms with Crippen molar-refractivity contribution >= 4 is 49.8 Å². The zero-order valence-electron chi connectivity index (χ0n) is 9.03. The van der Waals surface area contributed by atoms with Crippen LogP contribution in [0.1, 0.15) is 0 Å². The summed E-state index contributed by atoms with van der Waals surface area (Å²) in [4.78, 5) is 32.1. The first-order valence-corrected chi connectivity index (χ1v) is 8.05. The number of hydrogen-bond donors (Lipinski definition) is 6. The highest BCUT2D eigenvalue weighted by molar-refractivity contribution is 7.82. The fraction of sp³-hybridized carbons (Fsp3) is 0. The lowest BCUT2D eigenvalue weighted by molar-refractivity contribution is 0.225. The van der Waals surface area contributed by atoms with Gasteiger partial charge in [-0.15, -0.1) is 0 Å². The molecule has 0 bridgehead atoms. The third-order valence-electron chi connectivity index (χ3n) is 1.35. The number of phosphoric acid groups is 2. The van der Waals surface area contributed by atoms with Gasteiger partial charge < -0.3 is 31.0 Å². The maximum absolute atomic E-state index is 9.63. The highest BCUT2D eigenvalue weighted by Gasteiger charge is 2.27. The third kappa shape index (κ3) is 9.11. The SMILES string of the molecule is NC1=CC(=S)C(N)=CC1=S.O=P(O)(O)OP(=O)(O)O. The summed E-state index contributed by atoms with van der Waals surface area (Å²) in [6.45, 7) is 0. The molecule has 0 spiro atoms. The summed E-state index contributed by atoms with van der Waals surface area (Å²) in [6, 6.07) is 0. The number of allylic oxidation sites excluding steroid dienone is 2. The van der Waals surface area contributed by atoms with Crippen LogP contribution >= 0.6 is 40.1 Å². The Balaban J connectivity index is 0.000000344. The van der Waals surface area contributed by atoms with E-state index in [9.17, 15) is 9.13 Å². The lowest BCUT2D eigenvalue weighted by atomic mass is 10.1. The first-order valence-electron chi connectivity index (χ1n) is 4.17. The lowest BCUT2D eigenvalue weighted by Gasteiger charge is -2.07. The van der Waals surface area contributed by atoms with Crippen LogP contribution in [0, 0.1) is 0 Å². The molecule has 8 N–H and O–H groups in total. The smallest absolute Gasteiger partial charge is 0.398 e. The zero-order valence-corrected chi connectivity index (χ0v) is 12.5. The van der Waals surface area contributed by atoms with Crippen LogP contribution in [0.2, 0.25) is 0 Å². The highest BCUT2D eigenvalue weighted by atomic mass is 32.1. The summed E-state index contributed by atoms with van der Waals surface area (Å²) in [5, 5.41) is 0. The van der Waals surface area contributed by atoms with Crippen LogP contribution < -0.4 is 11.5 Å². The first-order chi connectivity index (χ1) is 8.32. The van der Waals surface area contributed by atoms with E-state index in [0.717, 1.165) is 0 Å². The van der Waals surface area contributed by atoms with Crippen molar-refractivity contribution in [3.05, 3.63) is 23.5 Å². The van der Waals surface area contributed by atoms with Gasteiger partial charge in [-0.1, -0.05) is 24.4 Å². The van der Waals surface area contributed by atoms with Crippen molar-refractivity contribution in [1.82, 2.24) is 0 Å². The minimum absolute atomic E-state index is 0.522. The van der Waals surface area contributed by atoms with Gasteiger partial charge in [0.05, 0.1) is 21.1 Å². The molecule has 9 nitrogen and oxygen atoms in total. The molecule has 0 saturated carbocycles. The Morgan fingerprint density at radius 1 is 0.895 bits per heavy atom. The second-order valence-electron chi connectivity index (χ2n) is 2.99. The molecule has 0 aliphatic heterocycles. The van der Waals surface area contributed by atoms with Crippen molar-refractivity contribution in [2.45, 2.75) is 0 Å². The van der Waals surface area contributed by atoms with E-state index in [1.807, 2.05) is 0 Å². The summed E-state index contributed by atoms with van der Waals surface area (Å²) in [7, 11) is -10.1. The Bertz CT molecular complexity index is 498. The summed E-state index contributed by atoms with van der Waals surface area (Å²) in [6.07, 6.45) is 3.21. The second-order valence-corrected chi connectivity index (χ2v) is 6.49. The average molecular weight is 348 g/mol. The number of hydrogen-bond acceptors (Lipinski definition) is 7. The molecular weight excluding hydrogens is 338 g/mol. The molecule has 0 unspecified atom stereocenters. The van der Waals surface area contributed by atoms with Crippen molar-refractivity contribution in [3.63, 3.8) is 0 Å². The van der Waals surface area contributed by atoms with Crippen LogP contribution in [0.3, 0.4) is 0 Å². The van der Waals surface area contributed by atoms with E-state index in [4.69, 9.17) is 55.5 Å². The van der Waals surface area contributed by atoms with E-state index >= 15 is 0 Å². The summed E-state index contributed by atoms with van der Waals surface area (Å²) in [5.41, 5.74) is 12.0. The van der Waals surface area contributed by atoms with Crippen LogP contribution in [-0.4, -0.2) is 29.3 Å². The quantitative estimate of drug-likeness (QED) is 0.283. The topological polar surface area (TPSA) is 176 Å². The van der Waals surface area contributed by atoms with Gasteiger partial charge in [-0.3, -0.25) is 0 Å². The predicted octanol–water partition coefficient (Wildman–Crippen LogP) is -0.387. The van der Waals surface area contributed by atoms with E-state index in [2.05, 4.69) is 4.31 Å². The summed E-state index contributed by atoms with van der Waals surface area (Å²) < 4.78 is 22.2. The maximum Gasteiger partial charge on any atom is 0.478 e. The molecule has 13 heteroatoms. The fourth-order valence-corrected chi connectivity index (χ4v) is 2.21. The van der Waals surface area contributed by atoms with Crippen LogP contribution in [0.4, 0.5) is 0 Å². The van der Waals surface area contributed by atoms with E-state index in [-0.39, 0.29) is 0 Å². The molecule has 0 radical (unpaired) electrons. The van der Waals surface area contributed by atoms with Crippen LogP contribution in [0.15, 0.2) is 23.5 Å². The predicted molar refractivity (Wildman–Crippen MR) is 74.9 cm³/mol. The van der Waals surface area contributed by atoms with Gasteiger partial charge in [0.1, 0.15) is 0 Å². The van der Waals surface area contributed by atoms with Crippen molar-refractivity contribution in [1.29, 1.82) is 0 Å². The van der Waals surface area contributed by atoms with Gasteiger partial charge >= 0.3 is 15.6 Å². The van der Waals surface area contributed by atoms with Crippen LogP contribution in [0.5, 0.6) is 0 Å². The van der Waals surface area contributed by atoms with Gasteiger partial charge in [-0.2, -0.15) is 4.31 Å². The molecule has 0 atom stereocenters. The monoisotopic (exact) mass is 348 g/mol. The molecule has 108 valence electrons. The third-order valence-corrected chi connectivity index (χ3v) is 3.76. The zero-order chi connectivity index (χ0) is 15.4. The largest absolute Gasteiger partial charge is 0.478 e. The molecule has 0 aromatic carbocycles. The maximum atomic E-state index is 9.63. The first kappa shape index (κ1) is 18.5. The van der Waals surface area contributed by atoms with Gasteiger partial charge in [0.15, 0.2) is 0 Å². The molecule has 1 rings (SSSR count). The lowest BCUT2D eigenvalue weighted by Crippen LogP contribution is -2.19. The molecule has 19 heavy (non-hydrogen) atoms. The van der Waals surface area contributed by atoms with Crippen molar-refractivity contribution in [3.8, 4) is 0 Å². The summed E-state index contributed by atoms with van der Waals surface area (Å²) in [5.74, 6) is 0. The molecule has 0 aromatic rings. The van der Waals surface area contributed by atoms with E-state index < -0.39 is 15.6 Å². The molecule has 0 saturated heterocycles. The van der Waals surface area contributed by atoms with E-state index in [1.54, 1.807) is 12.2 Å². The molecule has 0 aromatic heterocycles. The average Bonchev–Trinajstić information content (AvgIpc) is 2.09. The Morgan fingerprint density at radius 3 is 1.32 bits per heavy atom. The Labute approximate surface area is 118 Å². The van der Waals surface area contributed by atoms with Crippen LogP contribution in [-0.2, 0) is 13.4 Å². The Morgan fingerprint density at radius 2 is 1.16 bits per heavy atom. The highest BCUT2D eigenvalue weighted by Crippen LogP contribution is 2.53. The van der Waals surface area contributed by atoms with Gasteiger partial charge in [0.2, 0.25) is 0 Å². The molecular formula is C6H10N2O7P2S2. The molecule has 1 aliphatic carbocycles. The molecule has 0 heterocycles. The number of nitrogens with two attached hydrogens (primary N) is 2. The van der Waals surface area contributed by atoms with Crippen molar-refractivity contribution in [2.24, 2.45) is 11.5 Å². The Hall–Kier alpha value is -0.480. The van der Waals surface area contributed by atoms with Crippen molar-refractivity contribution < 1.29 is 33.0 Å². The Kier molecular flexibility index (Phi) is 6.63. The normalized spacial score (nSPS) is 16.2. The molecule has 0 fully saturated rings. The minimum atomic E-state index is -5.05. The molecule has 1 aliphatic rings. The van der Waals surface area contributed by atoms with Gasteiger partial charge in [-0.05, 0) is 12.2 Å². The van der Waals surface area contributed by atoms with Crippen molar-refractivity contribution in [2.75, 3.05) is 0 Å².